The van der Waals surface area contributed by atoms with Gasteiger partial charge in [-0.2, -0.15) is 33.7 Å². The maximum atomic E-state index is 11.4. The molecular formula is C12H10O14S4. The molecule has 18 heteroatoms. The Bertz CT molecular complexity index is 1370. The maximum Gasteiger partial charge on any atom is 0.298 e. The molecule has 2 rings (SSSR count). The first-order valence-electron chi connectivity index (χ1n) is 6.89. The van der Waals surface area contributed by atoms with Crippen LogP contribution in [0.15, 0.2) is 43.8 Å². The number of rotatable bonds is 5. The average Bonchev–Trinajstić information content (AvgIpc) is 2.51. The Labute approximate surface area is 169 Å². The van der Waals surface area contributed by atoms with Gasteiger partial charge in [-0.05, 0) is 24.3 Å². The number of benzene rings is 2. The fourth-order valence-electron chi connectivity index (χ4n) is 2.27. The third-order valence-electron chi connectivity index (χ3n) is 3.54. The molecule has 0 aromatic heterocycles. The van der Waals surface area contributed by atoms with E-state index in [4.69, 9.17) is 18.2 Å². The maximum absolute atomic E-state index is 11.4. The van der Waals surface area contributed by atoms with Crippen LogP contribution >= 0.6 is 0 Å². The second-order valence-electron chi connectivity index (χ2n) is 5.54. The molecule has 0 unspecified atom stereocenters. The van der Waals surface area contributed by atoms with E-state index < -0.39 is 82.7 Å². The quantitative estimate of drug-likeness (QED) is 0.286. The van der Waals surface area contributed by atoms with E-state index in [1.54, 1.807) is 0 Å². The molecule has 0 amide bonds. The Balaban J connectivity index is 3.19. The van der Waals surface area contributed by atoms with E-state index in [1.807, 2.05) is 0 Å². The summed E-state index contributed by atoms with van der Waals surface area (Å²) in [6.45, 7) is 0. The van der Waals surface area contributed by atoms with Gasteiger partial charge in [-0.3, -0.25) is 18.2 Å². The first-order valence-corrected chi connectivity index (χ1v) is 12.6. The van der Waals surface area contributed by atoms with Gasteiger partial charge >= 0.3 is 0 Å². The van der Waals surface area contributed by atoms with Crippen molar-refractivity contribution in [3.8, 4) is 22.6 Å². The summed E-state index contributed by atoms with van der Waals surface area (Å²) in [7, 11) is -21.2. The highest BCUT2D eigenvalue weighted by molar-refractivity contribution is 7.87. The van der Waals surface area contributed by atoms with Crippen LogP contribution in [0.25, 0.3) is 11.1 Å². The molecule has 30 heavy (non-hydrogen) atoms. The summed E-state index contributed by atoms with van der Waals surface area (Å²) in [5.74, 6) is -3.01. The third-order valence-corrected chi connectivity index (χ3v) is 6.94. The van der Waals surface area contributed by atoms with E-state index in [2.05, 4.69) is 0 Å². The molecule has 0 atom stereocenters. The highest BCUT2D eigenvalue weighted by atomic mass is 32.2. The van der Waals surface area contributed by atoms with Crippen molar-refractivity contribution >= 4 is 40.5 Å². The third kappa shape index (κ3) is 4.70. The van der Waals surface area contributed by atoms with E-state index in [0.29, 0.717) is 0 Å². The lowest BCUT2D eigenvalue weighted by Crippen LogP contribution is -2.07. The molecular weight excluding hydrogens is 496 g/mol. The van der Waals surface area contributed by atoms with Crippen molar-refractivity contribution < 1.29 is 62.1 Å². The van der Waals surface area contributed by atoms with Crippen molar-refractivity contribution in [2.45, 2.75) is 19.6 Å². The molecule has 0 aliphatic carbocycles. The van der Waals surface area contributed by atoms with E-state index in [-0.39, 0.29) is 24.3 Å². The Hall–Kier alpha value is -2.32. The topological polar surface area (TPSA) is 258 Å². The van der Waals surface area contributed by atoms with Crippen LogP contribution in [0.5, 0.6) is 11.5 Å². The van der Waals surface area contributed by atoms with Crippen molar-refractivity contribution in [3.05, 3.63) is 24.3 Å². The van der Waals surface area contributed by atoms with Gasteiger partial charge in [-0.25, -0.2) is 0 Å². The number of phenolic OH excluding ortho intramolecular Hbond substituents is 2. The number of hydrogen-bond donors (Lipinski definition) is 6. The first-order chi connectivity index (χ1) is 13.2. The van der Waals surface area contributed by atoms with Gasteiger partial charge in [0.05, 0.1) is 9.79 Å². The molecule has 2 aromatic rings. The second-order valence-corrected chi connectivity index (χ2v) is 11.2. The van der Waals surface area contributed by atoms with Crippen molar-refractivity contribution in [3.63, 3.8) is 0 Å². The van der Waals surface area contributed by atoms with Gasteiger partial charge < -0.3 is 10.2 Å². The van der Waals surface area contributed by atoms with Gasteiger partial charge in [0.15, 0.2) is 0 Å². The highest BCUT2D eigenvalue weighted by Gasteiger charge is 2.29. The molecule has 2 aromatic carbocycles. The molecule has 0 aliphatic heterocycles. The van der Waals surface area contributed by atoms with Crippen LogP contribution in [0.3, 0.4) is 0 Å². The number of hydrogen-bond acceptors (Lipinski definition) is 10. The SMILES string of the molecule is O=S(=O)(O)c1cc(-c2cc(S(=O)(=O)O)cc(S(=O)(=O)O)c2O)c(O)c(S(=O)(=O)O)c1. The molecule has 0 saturated carbocycles. The van der Waals surface area contributed by atoms with E-state index in [0.717, 1.165) is 0 Å². The van der Waals surface area contributed by atoms with Crippen LogP contribution in [-0.4, -0.2) is 62.1 Å². The van der Waals surface area contributed by atoms with Crippen molar-refractivity contribution in [1.29, 1.82) is 0 Å². The largest absolute Gasteiger partial charge is 0.506 e. The lowest BCUT2D eigenvalue weighted by molar-refractivity contribution is 0.434. The smallest absolute Gasteiger partial charge is 0.298 e. The molecule has 0 bridgehead atoms. The number of phenols is 2. The molecule has 0 fully saturated rings. The molecule has 0 radical (unpaired) electrons. The minimum absolute atomic E-state index is 0.108. The molecule has 14 nitrogen and oxygen atoms in total. The fourth-order valence-corrected chi connectivity index (χ4v) is 4.74. The summed E-state index contributed by atoms with van der Waals surface area (Å²) in [6, 6.07) is 0.791. The fraction of sp³-hybridized carbons (Fsp3) is 0. The minimum Gasteiger partial charge on any atom is -0.506 e. The lowest BCUT2D eigenvalue weighted by atomic mass is 10.0. The standard InChI is InChI=1S/C12H10O14S4/c13-11-7(1-5(27(15,16)17)3-9(11)29(21,22)23)8-2-6(28(18,19)20)4-10(12(8)14)30(24,25)26/h1-4,13-14H,(H,15,16,17)(H,18,19,20)(H,21,22,23)(H,24,25,26). The molecule has 0 heterocycles. The molecule has 0 spiro atoms. The Morgan fingerprint density at radius 2 is 0.733 bits per heavy atom. The van der Waals surface area contributed by atoms with Crippen LogP contribution in [-0.2, 0) is 40.5 Å². The lowest BCUT2D eigenvalue weighted by Gasteiger charge is -2.14. The van der Waals surface area contributed by atoms with Gasteiger partial charge in [-0.15, -0.1) is 0 Å². The van der Waals surface area contributed by atoms with E-state index in [1.165, 1.54) is 0 Å². The van der Waals surface area contributed by atoms with Crippen LogP contribution in [0.2, 0.25) is 0 Å². The number of aromatic hydroxyl groups is 2. The summed E-state index contributed by atoms with van der Waals surface area (Å²) in [4.78, 5) is -5.63. The summed E-state index contributed by atoms with van der Waals surface area (Å²) in [5, 5.41) is 20.3. The second kappa shape index (κ2) is 7.13. The monoisotopic (exact) mass is 506 g/mol. The Kier molecular flexibility index (Phi) is 5.69. The molecule has 0 aliphatic rings. The van der Waals surface area contributed by atoms with E-state index >= 15 is 0 Å². The van der Waals surface area contributed by atoms with Crippen LogP contribution in [0.1, 0.15) is 0 Å². The molecule has 166 valence electrons. The van der Waals surface area contributed by atoms with Crippen molar-refractivity contribution in [1.82, 2.24) is 0 Å². The predicted octanol–water partition coefficient (Wildman–Crippen LogP) is -0.248. The van der Waals surface area contributed by atoms with Crippen LogP contribution in [0, 0.1) is 0 Å². The first kappa shape index (κ1) is 24.0. The van der Waals surface area contributed by atoms with Gasteiger partial charge in [0.1, 0.15) is 21.3 Å². The van der Waals surface area contributed by atoms with Crippen molar-refractivity contribution in [2.24, 2.45) is 0 Å². The van der Waals surface area contributed by atoms with Gasteiger partial charge in [-0.1, -0.05) is 0 Å². The predicted molar refractivity (Wildman–Crippen MR) is 94.5 cm³/mol. The van der Waals surface area contributed by atoms with Crippen molar-refractivity contribution in [2.75, 3.05) is 0 Å². The zero-order valence-electron chi connectivity index (χ0n) is 13.9. The van der Waals surface area contributed by atoms with Crippen LogP contribution < -0.4 is 0 Å². The summed E-state index contributed by atoms with van der Waals surface area (Å²) in [6.07, 6.45) is 0. The van der Waals surface area contributed by atoms with Gasteiger partial charge in [0, 0.05) is 11.1 Å². The minimum atomic E-state index is -5.38. The summed E-state index contributed by atoms with van der Waals surface area (Å²) >= 11 is 0. The highest BCUT2D eigenvalue weighted by Crippen LogP contribution is 2.44. The molecule has 6 N–H and O–H groups in total. The Morgan fingerprint density at radius 3 is 0.933 bits per heavy atom. The van der Waals surface area contributed by atoms with Gasteiger partial charge in [0.25, 0.3) is 40.5 Å². The zero-order valence-corrected chi connectivity index (χ0v) is 17.2. The van der Waals surface area contributed by atoms with Gasteiger partial charge in [0.2, 0.25) is 0 Å². The molecule has 0 saturated heterocycles. The zero-order chi connectivity index (χ0) is 23.4. The average molecular weight is 506 g/mol. The summed E-state index contributed by atoms with van der Waals surface area (Å²) < 4.78 is 128. The normalized spacial score (nSPS) is 13.3. The Morgan fingerprint density at radius 1 is 0.467 bits per heavy atom. The van der Waals surface area contributed by atoms with E-state index in [9.17, 15) is 43.9 Å². The summed E-state index contributed by atoms with van der Waals surface area (Å²) in [5.41, 5.74) is -2.24. The van der Waals surface area contributed by atoms with Crippen LogP contribution in [0.4, 0.5) is 0 Å².